The fourth-order valence-corrected chi connectivity index (χ4v) is 4.49. The Balaban J connectivity index is 1.16. The molecular formula is C25H28N6O3. The van der Waals surface area contributed by atoms with Crippen LogP contribution in [0, 0.1) is 12.8 Å². The van der Waals surface area contributed by atoms with E-state index in [9.17, 15) is 9.59 Å². The van der Waals surface area contributed by atoms with Crippen molar-refractivity contribution < 1.29 is 14.3 Å². The highest BCUT2D eigenvalue weighted by Crippen LogP contribution is 2.28. The van der Waals surface area contributed by atoms with Crippen molar-refractivity contribution in [1.29, 1.82) is 0 Å². The lowest BCUT2D eigenvalue weighted by atomic mass is 9.95. The van der Waals surface area contributed by atoms with E-state index in [1.54, 1.807) is 22.0 Å². The summed E-state index contributed by atoms with van der Waals surface area (Å²) in [5.41, 5.74) is 4.36. The quantitative estimate of drug-likeness (QED) is 0.627. The fraction of sp³-hybridized carbons (Fsp3) is 0.400. The summed E-state index contributed by atoms with van der Waals surface area (Å²) < 4.78 is 7.83. The molecule has 176 valence electrons. The zero-order valence-corrected chi connectivity index (χ0v) is 19.2. The molecule has 0 saturated carbocycles. The maximum Gasteiger partial charge on any atom is 0.276 e. The first-order valence-electron chi connectivity index (χ1n) is 11.6. The topological polar surface area (TPSA) is 102 Å². The Morgan fingerprint density at radius 2 is 1.82 bits per heavy atom. The van der Waals surface area contributed by atoms with Gasteiger partial charge in [0, 0.05) is 37.9 Å². The summed E-state index contributed by atoms with van der Waals surface area (Å²) in [7, 11) is 0. The standard InChI is InChI=1S/C25H28N6O3/c1-17-2-4-19(5-3-17)22-15-31-21(16-34-22)23(28-29-31)25(33)30-12-8-20(9-13-30)24(32)27-14-18-6-10-26-11-7-18/h2-7,10-11,20,22H,8-9,12-16H2,1H3,(H,27,32). The molecule has 5 rings (SSSR count). The Morgan fingerprint density at radius 3 is 2.56 bits per heavy atom. The summed E-state index contributed by atoms with van der Waals surface area (Å²) in [6, 6.07) is 12.0. The minimum atomic E-state index is -0.144. The van der Waals surface area contributed by atoms with Crippen molar-refractivity contribution in [2.24, 2.45) is 5.92 Å². The van der Waals surface area contributed by atoms with Crippen molar-refractivity contribution in [2.75, 3.05) is 13.1 Å². The van der Waals surface area contributed by atoms with Crippen LogP contribution in [0.15, 0.2) is 48.8 Å². The van der Waals surface area contributed by atoms with Crippen molar-refractivity contribution in [1.82, 2.24) is 30.2 Å². The van der Waals surface area contributed by atoms with E-state index in [4.69, 9.17) is 4.74 Å². The number of amides is 2. The maximum absolute atomic E-state index is 13.2. The zero-order chi connectivity index (χ0) is 23.5. The molecule has 2 aliphatic heterocycles. The van der Waals surface area contributed by atoms with Crippen LogP contribution in [0.25, 0.3) is 0 Å². The molecule has 34 heavy (non-hydrogen) atoms. The average Bonchev–Trinajstić information content (AvgIpc) is 3.31. The number of fused-ring (bicyclic) bond motifs is 1. The Hall–Kier alpha value is -3.59. The first kappa shape index (κ1) is 22.2. The number of likely N-dealkylation sites (tertiary alicyclic amines) is 1. The van der Waals surface area contributed by atoms with E-state index in [0.29, 0.717) is 57.0 Å². The Kier molecular flexibility index (Phi) is 6.35. The third-order valence-corrected chi connectivity index (χ3v) is 6.62. The van der Waals surface area contributed by atoms with E-state index >= 15 is 0 Å². The number of aryl methyl sites for hydroxylation is 1. The number of nitrogens with one attached hydrogen (secondary N) is 1. The Bertz CT molecular complexity index is 1150. The SMILES string of the molecule is Cc1ccc(C2Cn3nnc(C(=O)N4CCC(C(=O)NCc5ccncc5)CC4)c3CO2)cc1. The summed E-state index contributed by atoms with van der Waals surface area (Å²) in [5.74, 6) is -0.215. The first-order valence-corrected chi connectivity index (χ1v) is 11.6. The number of nitrogens with zero attached hydrogens (tertiary/aromatic N) is 5. The smallest absolute Gasteiger partial charge is 0.276 e. The molecule has 1 unspecified atom stereocenters. The summed E-state index contributed by atoms with van der Waals surface area (Å²) in [5, 5.41) is 11.4. The minimum Gasteiger partial charge on any atom is -0.365 e. The van der Waals surface area contributed by atoms with Gasteiger partial charge in [0.25, 0.3) is 5.91 Å². The van der Waals surface area contributed by atoms with Crippen LogP contribution in [0.4, 0.5) is 0 Å². The number of benzene rings is 1. The van der Waals surface area contributed by atoms with Gasteiger partial charge in [-0.15, -0.1) is 5.10 Å². The molecule has 1 fully saturated rings. The van der Waals surface area contributed by atoms with Gasteiger partial charge in [0.15, 0.2) is 5.69 Å². The molecule has 1 atom stereocenters. The molecule has 1 saturated heterocycles. The molecule has 1 N–H and O–H groups in total. The zero-order valence-electron chi connectivity index (χ0n) is 19.2. The molecule has 3 aromatic rings. The highest BCUT2D eigenvalue weighted by atomic mass is 16.5. The number of carbonyl (C=O) groups is 2. The second-order valence-corrected chi connectivity index (χ2v) is 8.92. The van der Waals surface area contributed by atoms with Crippen LogP contribution in [-0.2, 0) is 29.2 Å². The van der Waals surface area contributed by atoms with Crippen LogP contribution in [-0.4, -0.2) is 49.8 Å². The Morgan fingerprint density at radius 1 is 1.09 bits per heavy atom. The number of carbonyl (C=O) groups excluding carboxylic acids is 2. The monoisotopic (exact) mass is 460 g/mol. The van der Waals surface area contributed by atoms with E-state index < -0.39 is 0 Å². The molecule has 9 nitrogen and oxygen atoms in total. The van der Waals surface area contributed by atoms with Crippen molar-refractivity contribution in [3.05, 3.63) is 76.9 Å². The van der Waals surface area contributed by atoms with E-state index in [1.807, 2.05) is 12.1 Å². The molecule has 0 aliphatic carbocycles. The second kappa shape index (κ2) is 9.72. The van der Waals surface area contributed by atoms with Crippen molar-refractivity contribution in [3.8, 4) is 0 Å². The first-order chi connectivity index (χ1) is 16.6. The molecule has 0 bridgehead atoms. The lowest BCUT2D eigenvalue weighted by Gasteiger charge is -2.31. The molecular weight excluding hydrogens is 432 g/mol. The molecule has 2 amide bonds. The lowest BCUT2D eigenvalue weighted by molar-refractivity contribution is -0.126. The molecule has 2 aliphatic rings. The second-order valence-electron chi connectivity index (χ2n) is 8.92. The van der Waals surface area contributed by atoms with Gasteiger partial charge in [0.05, 0.1) is 18.8 Å². The summed E-state index contributed by atoms with van der Waals surface area (Å²) in [4.78, 5) is 31.5. The average molecular weight is 461 g/mol. The van der Waals surface area contributed by atoms with Crippen LogP contribution < -0.4 is 5.32 Å². The van der Waals surface area contributed by atoms with Gasteiger partial charge < -0.3 is 15.0 Å². The molecule has 1 aromatic carbocycles. The molecule has 2 aromatic heterocycles. The highest BCUT2D eigenvalue weighted by Gasteiger charge is 2.33. The lowest BCUT2D eigenvalue weighted by Crippen LogP contribution is -2.43. The van der Waals surface area contributed by atoms with Crippen LogP contribution in [0.1, 0.15) is 51.8 Å². The van der Waals surface area contributed by atoms with Crippen molar-refractivity contribution in [2.45, 2.75) is 45.6 Å². The van der Waals surface area contributed by atoms with Gasteiger partial charge in [-0.3, -0.25) is 14.6 Å². The predicted octanol–water partition coefficient (Wildman–Crippen LogP) is 2.42. The third kappa shape index (κ3) is 4.70. The van der Waals surface area contributed by atoms with Crippen LogP contribution >= 0.6 is 0 Å². The summed E-state index contributed by atoms with van der Waals surface area (Å²) >= 11 is 0. The van der Waals surface area contributed by atoms with Gasteiger partial charge in [0.1, 0.15) is 6.10 Å². The predicted molar refractivity (Wildman–Crippen MR) is 123 cm³/mol. The van der Waals surface area contributed by atoms with Crippen molar-refractivity contribution in [3.63, 3.8) is 0 Å². The van der Waals surface area contributed by atoms with E-state index in [0.717, 1.165) is 11.1 Å². The number of pyridine rings is 1. The normalized spacial score (nSPS) is 18.4. The number of rotatable bonds is 5. The largest absolute Gasteiger partial charge is 0.365 e. The highest BCUT2D eigenvalue weighted by molar-refractivity contribution is 5.93. The van der Waals surface area contributed by atoms with E-state index in [1.165, 1.54) is 5.56 Å². The Labute approximate surface area is 198 Å². The van der Waals surface area contributed by atoms with Gasteiger partial charge in [-0.25, -0.2) is 4.68 Å². The van der Waals surface area contributed by atoms with E-state index in [-0.39, 0.29) is 23.8 Å². The summed E-state index contributed by atoms with van der Waals surface area (Å²) in [6.45, 7) is 4.39. The van der Waals surface area contributed by atoms with Gasteiger partial charge in [-0.1, -0.05) is 35.0 Å². The number of piperidine rings is 1. The van der Waals surface area contributed by atoms with Gasteiger partial charge >= 0.3 is 0 Å². The van der Waals surface area contributed by atoms with Gasteiger partial charge in [-0.2, -0.15) is 0 Å². The van der Waals surface area contributed by atoms with Crippen LogP contribution in [0.5, 0.6) is 0 Å². The molecule has 9 heteroatoms. The maximum atomic E-state index is 13.2. The molecule has 4 heterocycles. The van der Waals surface area contributed by atoms with E-state index in [2.05, 4.69) is 51.8 Å². The van der Waals surface area contributed by atoms with Gasteiger partial charge in [0.2, 0.25) is 5.91 Å². The third-order valence-electron chi connectivity index (χ3n) is 6.62. The van der Waals surface area contributed by atoms with Crippen LogP contribution in [0.3, 0.4) is 0 Å². The number of ether oxygens (including phenoxy) is 1. The van der Waals surface area contributed by atoms with Crippen molar-refractivity contribution >= 4 is 11.8 Å². The summed E-state index contributed by atoms with van der Waals surface area (Å²) in [6.07, 6.45) is 4.57. The van der Waals surface area contributed by atoms with Gasteiger partial charge in [-0.05, 0) is 43.0 Å². The minimum absolute atomic E-state index is 0.0282. The molecule has 0 spiro atoms. The number of aromatic nitrogens is 4. The van der Waals surface area contributed by atoms with Crippen LogP contribution in [0.2, 0.25) is 0 Å². The molecule has 0 radical (unpaired) electrons. The number of hydrogen-bond acceptors (Lipinski definition) is 6. The fourth-order valence-electron chi connectivity index (χ4n) is 4.49. The number of hydrogen-bond donors (Lipinski definition) is 1.